The van der Waals surface area contributed by atoms with Crippen LogP contribution in [0.25, 0.3) is 22.2 Å². The minimum absolute atomic E-state index is 0.0394. The average Bonchev–Trinajstić information content (AvgIpc) is 2.86. The van der Waals surface area contributed by atoms with Gasteiger partial charge in [0, 0.05) is 40.5 Å². The van der Waals surface area contributed by atoms with Crippen LogP contribution in [0.5, 0.6) is 0 Å². The number of ketones is 1. The molecular formula is C29H27N3O. The molecule has 0 bridgehead atoms. The van der Waals surface area contributed by atoms with E-state index in [4.69, 9.17) is 9.97 Å². The summed E-state index contributed by atoms with van der Waals surface area (Å²) in [5.74, 6) is 1.48. The zero-order valence-corrected chi connectivity index (χ0v) is 19.1. The van der Waals surface area contributed by atoms with Gasteiger partial charge in [0.15, 0.2) is 0 Å². The first-order chi connectivity index (χ1) is 16.1. The monoisotopic (exact) mass is 433 g/mol. The Bertz CT molecular complexity index is 1380. The Hall–Kier alpha value is -3.40. The summed E-state index contributed by atoms with van der Waals surface area (Å²) in [4.78, 5) is 27.3. The summed E-state index contributed by atoms with van der Waals surface area (Å²) in [5, 5.41) is 1.11. The zero-order valence-electron chi connectivity index (χ0n) is 19.1. The van der Waals surface area contributed by atoms with E-state index >= 15 is 0 Å². The Balaban J connectivity index is 1.61. The first kappa shape index (κ1) is 20.2. The summed E-state index contributed by atoms with van der Waals surface area (Å²) in [6.07, 6.45) is 5.12. The topological polar surface area (TPSA) is 55.7 Å². The van der Waals surface area contributed by atoms with E-state index in [2.05, 4.69) is 66.5 Å². The third kappa shape index (κ3) is 3.04. The number of Topliss-reactive ketones (excluding diaryl/α,β-unsaturated/α-hetero) is 1. The van der Waals surface area contributed by atoms with Crippen LogP contribution in [-0.2, 0) is 16.6 Å². The second-order valence-electron chi connectivity index (χ2n) is 9.60. The van der Waals surface area contributed by atoms with Gasteiger partial charge >= 0.3 is 0 Å². The van der Waals surface area contributed by atoms with Crippen molar-refractivity contribution in [3.63, 3.8) is 0 Å². The molecule has 6 rings (SSSR count). The van der Waals surface area contributed by atoms with Gasteiger partial charge in [0.05, 0.1) is 16.9 Å². The molecule has 2 aromatic carbocycles. The highest BCUT2D eigenvalue weighted by Crippen LogP contribution is 2.55. The lowest BCUT2D eigenvalue weighted by molar-refractivity contribution is -0.128. The van der Waals surface area contributed by atoms with Crippen molar-refractivity contribution in [2.45, 2.75) is 44.9 Å². The van der Waals surface area contributed by atoms with Gasteiger partial charge in [-0.15, -0.1) is 0 Å². The molecule has 0 N–H and O–H groups in total. The predicted octanol–water partition coefficient (Wildman–Crippen LogP) is 5.85. The van der Waals surface area contributed by atoms with E-state index < -0.39 is 0 Å². The summed E-state index contributed by atoms with van der Waals surface area (Å²) in [5.41, 5.74) is 6.54. The average molecular weight is 434 g/mol. The van der Waals surface area contributed by atoms with Crippen molar-refractivity contribution in [2.75, 3.05) is 0 Å². The number of aryl methyl sites for hydroxylation is 1. The maximum absolute atomic E-state index is 12.8. The molecule has 0 radical (unpaired) electrons. The minimum atomic E-state index is -0.247. The second-order valence-corrected chi connectivity index (χ2v) is 9.60. The molecule has 0 amide bonds. The molecule has 2 aliphatic rings. The first-order valence-corrected chi connectivity index (χ1v) is 11.9. The summed E-state index contributed by atoms with van der Waals surface area (Å²) in [7, 11) is 0. The van der Waals surface area contributed by atoms with Gasteiger partial charge in [-0.3, -0.25) is 9.78 Å². The molecule has 2 heterocycles. The molecular weight excluding hydrogens is 406 g/mol. The van der Waals surface area contributed by atoms with Crippen LogP contribution in [-0.4, -0.2) is 20.7 Å². The molecule has 2 aromatic heterocycles. The zero-order chi connectivity index (χ0) is 22.6. The Kier molecular flexibility index (Phi) is 4.65. The van der Waals surface area contributed by atoms with Gasteiger partial charge in [0.2, 0.25) is 0 Å². The quantitative estimate of drug-likeness (QED) is 0.398. The van der Waals surface area contributed by atoms with Crippen LogP contribution in [0.2, 0.25) is 0 Å². The van der Waals surface area contributed by atoms with Crippen LogP contribution in [0, 0.1) is 18.8 Å². The number of nitrogens with zero attached hydrogens (tertiary/aromatic N) is 3. The van der Waals surface area contributed by atoms with Crippen LogP contribution in [0.3, 0.4) is 0 Å². The molecule has 0 saturated heterocycles. The van der Waals surface area contributed by atoms with E-state index in [0.29, 0.717) is 12.2 Å². The smallest absolute Gasteiger partial charge is 0.136 e. The molecule has 1 fully saturated rings. The Morgan fingerprint density at radius 2 is 1.82 bits per heavy atom. The lowest BCUT2D eigenvalue weighted by Crippen LogP contribution is -2.50. The Labute approximate surface area is 194 Å². The van der Waals surface area contributed by atoms with Gasteiger partial charge in [0.1, 0.15) is 11.6 Å². The van der Waals surface area contributed by atoms with E-state index in [1.807, 2.05) is 19.2 Å². The summed E-state index contributed by atoms with van der Waals surface area (Å²) < 4.78 is 0. The fraction of sp³-hybridized carbons (Fsp3) is 0.310. The van der Waals surface area contributed by atoms with Gasteiger partial charge in [0.25, 0.3) is 0 Å². The summed E-state index contributed by atoms with van der Waals surface area (Å²) in [6.45, 7) is 4.12. The number of hydrogen-bond acceptors (Lipinski definition) is 4. The van der Waals surface area contributed by atoms with Gasteiger partial charge in [-0.1, -0.05) is 49.4 Å². The molecule has 4 nitrogen and oxygen atoms in total. The van der Waals surface area contributed by atoms with Crippen LogP contribution in [0.15, 0.2) is 66.9 Å². The number of pyridine rings is 1. The van der Waals surface area contributed by atoms with E-state index in [-0.39, 0.29) is 17.3 Å². The summed E-state index contributed by atoms with van der Waals surface area (Å²) in [6, 6.07) is 21.2. The highest BCUT2D eigenvalue weighted by Gasteiger charge is 2.53. The van der Waals surface area contributed by atoms with Gasteiger partial charge in [-0.05, 0) is 55.9 Å². The van der Waals surface area contributed by atoms with E-state index in [1.165, 1.54) is 11.1 Å². The van der Waals surface area contributed by atoms with Gasteiger partial charge in [-0.25, -0.2) is 9.97 Å². The second kappa shape index (κ2) is 7.58. The Morgan fingerprint density at radius 1 is 0.970 bits per heavy atom. The number of rotatable bonds is 2. The lowest BCUT2D eigenvalue weighted by Gasteiger charge is -2.50. The fourth-order valence-electron chi connectivity index (χ4n) is 6.37. The molecule has 0 unspecified atom stereocenters. The van der Waals surface area contributed by atoms with Crippen molar-refractivity contribution in [3.8, 4) is 11.3 Å². The van der Waals surface area contributed by atoms with Crippen molar-refractivity contribution in [1.29, 1.82) is 0 Å². The highest BCUT2D eigenvalue weighted by molar-refractivity contribution is 5.85. The normalized spacial score (nSPS) is 24.4. The molecule has 0 spiro atoms. The number of hydrogen-bond donors (Lipinski definition) is 0. The summed E-state index contributed by atoms with van der Waals surface area (Å²) >= 11 is 0. The molecule has 3 atom stereocenters. The van der Waals surface area contributed by atoms with Crippen molar-refractivity contribution in [3.05, 3.63) is 89.5 Å². The number of carbonyl (C=O) groups excluding carboxylic acids is 1. The number of benzene rings is 2. The SMILES string of the molecule is Cc1nc(-c2ccc3ncccc3c2)c2c(n1)[C@@]1(c3ccccc3)CCC(=O)[C@@H](C)[C@@H]1CC2. The lowest BCUT2D eigenvalue weighted by atomic mass is 9.52. The Morgan fingerprint density at radius 3 is 2.67 bits per heavy atom. The maximum atomic E-state index is 12.8. The molecule has 33 heavy (non-hydrogen) atoms. The maximum Gasteiger partial charge on any atom is 0.136 e. The van der Waals surface area contributed by atoms with Gasteiger partial charge in [-0.2, -0.15) is 0 Å². The van der Waals surface area contributed by atoms with Crippen LogP contribution in [0.4, 0.5) is 0 Å². The third-order valence-electron chi connectivity index (χ3n) is 7.92. The van der Waals surface area contributed by atoms with Crippen molar-refractivity contribution in [2.24, 2.45) is 11.8 Å². The highest BCUT2D eigenvalue weighted by atomic mass is 16.1. The molecule has 0 aliphatic heterocycles. The van der Waals surface area contributed by atoms with E-state index in [0.717, 1.165) is 52.9 Å². The van der Waals surface area contributed by atoms with Crippen LogP contribution in [0.1, 0.15) is 48.8 Å². The van der Waals surface area contributed by atoms with Crippen molar-refractivity contribution < 1.29 is 4.79 Å². The van der Waals surface area contributed by atoms with E-state index in [9.17, 15) is 4.79 Å². The molecule has 4 aromatic rings. The minimum Gasteiger partial charge on any atom is -0.299 e. The molecule has 1 saturated carbocycles. The number of carbonyl (C=O) groups is 1. The van der Waals surface area contributed by atoms with Crippen molar-refractivity contribution in [1.82, 2.24) is 15.0 Å². The first-order valence-electron chi connectivity index (χ1n) is 11.9. The predicted molar refractivity (Wildman–Crippen MR) is 130 cm³/mol. The van der Waals surface area contributed by atoms with E-state index in [1.54, 1.807) is 0 Å². The number of fused-ring (bicyclic) bond motifs is 4. The standard InChI is InChI=1S/C29H27N3O/c1-18-24-12-11-23-27(21-10-13-25-20(17-21)7-6-16-30-25)31-19(2)32-28(23)29(24,15-14-26(18)33)22-8-4-3-5-9-22/h3-10,13,16-18,24H,11-12,14-15H2,1-2H3/t18-,24-,29+/m0/s1. The van der Waals surface area contributed by atoms with Crippen molar-refractivity contribution >= 4 is 16.7 Å². The van der Waals surface area contributed by atoms with Crippen LogP contribution >= 0.6 is 0 Å². The third-order valence-corrected chi connectivity index (χ3v) is 7.92. The molecule has 2 aliphatic carbocycles. The fourth-order valence-corrected chi connectivity index (χ4v) is 6.37. The van der Waals surface area contributed by atoms with Crippen LogP contribution < -0.4 is 0 Å². The molecule has 4 heteroatoms. The number of aromatic nitrogens is 3. The van der Waals surface area contributed by atoms with Gasteiger partial charge < -0.3 is 0 Å². The largest absolute Gasteiger partial charge is 0.299 e. The molecule has 164 valence electrons.